The van der Waals surface area contributed by atoms with E-state index in [9.17, 15) is 18.4 Å². The molecular formula is C20H24F2N4O2. The first-order valence-electron chi connectivity index (χ1n) is 9.84. The molecule has 2 aromatic rings. The Bertz CT molecular complexity index is 930. The number of nitrogens with zero attached hydrogens (tertiary/aromatic N) is 4. The van der Waals surface area contributed by atoms with Gasteiger partial charge in [0.05, 0.1) is 23.5 Å². The fourth-order valence-corrected chi connectivity index (χ4v) is 4.33. The zero-order valence-electron chi connectivity index (χ0n) is 15.7. The van der Waals surface area contributed by atoms with Crippen LogP contribution in [0.15, 0.2) is 29.1 Å². The van der Waals surface area contributed by atoms with Crippen LogP contribution in [-0.2, 0) is 11.3 Å². The standard InChI is InChI=1S/C20H24F2N4O2/c21-17(22)13-26-19(23-15-6-2-1-5-14(15)20(26)28)16-7-3-9-24(16)11-12-25-10-4-8-18(25)27/h1-2,5-6,16-17H,3-4,7-13H2. The summed E-state index contributed by atoms with van der Waals surface area (Å²) in [6, 6.07) is 6.69. The summed E-state index contributed by atoms with van der Waals surface area (Å²) >= 11 is 0. The van der Waals surface area contributed by atoms with Gasteiger partial charge in [0.25, 0.3) is 12.0 Å². The molecule has 8 heteroatoms. The smallest absolute Gasteiger partial charge is 0.261 e. The maximum Gasteiger partial charge on any atom is 0.261 e. The number of alkyl halides is 2. The SMILES string of the molecule is O=C1CCCN1CCN1CCCC1c1nc2ccccc2c(=O)n1CC(F)F. The van der Waals surface area contributed by atoms with Crippen LogP contribution >= 0.6 is 0 Å². The van der Waals surface area contributed by atoms with E-state index in [1.165, 1.54) is 0 Å². The van der Waals surface area contributed by atoms with Gasteiger partial charge in [-0.3, -0.25) is 19.1 Å². The minimum atomic E-state index is -2.63. The highest BCUT2D eigenvalue weighted by atomic mass is 19.3. The number of halogens is 2. The van der Waals surface area contributed by atoms with E-state index in [0.29, 0.717) is 36.2 Å². The molecule has 2 saturated heterocycles. The summed E-state index contributed by atoms with van der Waals surface area (Å²) in [6.07, 6.45) is 0.542. The van der Waals surface area contributed by atoms with Gasteiger partial charge in [-0.25, -0.2) is 13.8 Å². The van der Waals surface area contributed by atoms with E-state index < -0.39 is 18.5 Å². The van der Waals surface area contributed by atoms with Crippen molar-refractivity contribution in [2.75, 3.05) is 26.2 Å². The quantitative estimate of drug-likeness (QED) is 0.760. The van der Waals surface area contributed by atoms with E-state index >= 15 is 0 Å². The molecule has 1 atom stereocenters. The summed E-state index contributed by atoms with van der Waals surface area (Å²) in [5, 5.41) is 0.360. The number of hydrogen-bond donors (Lipinski definition) is 0. The van der Waals surface area contributed by atoms with Gasteiger partial charge in [-0.05, 0) is 37.9 Å². The minimum absolute atomic E-state index is 0.175. The number of hydrogen-bond acceptors (Lipinski definition) is 4. The Morgan fingerprint density at radius 3 is 2.68 bits per heavy atom. The highest BCUT2D eigenvalue weighted by molar-refractivity contribution is 5.78. The van der Waals surface area contributed by atoms with Crippen LogP contribution in [0.4, 0.5) is 8.78 Å². The molecule has 1 aromatic heterocycles. The minimum Gasteiger partial charge on any atom is -0.341 e. The molecule has 1 aromatic carbocycles. The van der Waals surface area contributed by atoms with Gasteiger partial charge in [-0.15, -0.1) is 0 Å². The highest BCUT2D eigenvalue weighted by Crippen LogP contribution is 2.31. The van der Waals surface area contributed by atoms with E-state index in [1.807, 2.05) is 4.90 Å². The third-order valence-electron chi connectivity index (χ3n) is 5.70. The Hall–Kier alpha value is -2.35. The van der Waals surface area contributed by atoms with Crippen molar-refractivity contribution in [1.29, 1.82) is 0 Å². The van der Waals surface area contributed by atoms with E-state index in [-0.39, 0.29) is 11.9 Å². The molecule has 0 N–H and O–H groups in total. The molecule has 2 fully saturated rings. The van der Waals surface area contributed by atoms with Crippen LogP contribution in [0.25, 0.3) is 10.9 Å². The van der Waals surface area contributed by atoms with Gasteiger partial charge in [0.1, 0.15) is 5.82 Å². The monoisotopic (exact) mass is 390 g/mol. The van der Waals surface area contributed by atoms with E-state index in [2.05, 4.69) is 9.88 Å². The average Bonchev–Trinajstić information content (AvgIpc) is 3.30. The predicted octanol–water partition coefficient (Wildman–Crippen LogP) is 2.42. The van der Waals surface area contributed by atoms with Gasteiger partial charge in [0, 0.05) is 26.1 Å². The molecule has 0 saturated carbocycles. The molecule has 0 radical (unpaired) electrons. The number of aromatic nitrogens is 2. The molecule has 6 nitrogen and oxygen atoms in total. The van der Waals surface area contributed by atoms with Gasteiger partial charge in [0.15, 0.2) is 0 Å². The van der Waals surface area contributed by atoms with Crippen LogP contribution < -0.4 is 5.56 Å². The van der Waals surface area contributed by atoms with Crippen molar-refractivity contribution in [3.8, 4) is 0 Å². The van der Waals surface area contributed by atoms with Gasteiger partial charge < -0.3 is 4.90 Å². The normalized spacial score (nSPS) is 20.8. The molecule has 28 heavy (non-hydrogen) atoms. The van der Waals surface area contributed by atoms with Gasteiger partial charge in [0.2, 0.25) is 5.91 Å². The first kappa shape index (κ1) is 19.0. The van der Waals surface area contributed by atoms with E-state index in [1.54, 1.807) is 24.3 Å². The third-order valence-corrected chi connectivity index (χ3v) is 5.70. The topological polar surface area (TPSA) is 58.4 Å². The summed E-state index contributed by atoms with van der Waals surface area (Å²) in [6.45, 7) is 2.22. The summed E-state index contributed by atoms with van der Waals surface area (Å²) in [4.78, 5) is 33.4. The lowest BCUT2D eigenvalue weighted by molar-refractivity contribution is -0.127. The average molecular weight is 390 g/mol. The molecule has 2 aliphatic rings. The van der Waals surface area contributed by atoms with Crippen molar-refractivity contribution in [2.24, 2.45) is 0 Å². The molecule has 0 spiro atoms. The van der Waals surface area contributed by atoms with Crippen LogP contribution in [0.5, 0.6) is 0 Å². The Morgan fingerprint density at radius 1 is 1.11 bits per heavy atom. The summed E-state index contributed by atoms with van der Waals surface area (Å²) < 4.78 is 27.6. The number of para-hydroxylation sites is 1. The van der Waals surface area contributed by atoms with Crippen LogP contribution in [0.3, 0.4) is 0 Å². The van der Waals surface area contributed by atoms with Crippen molar-refractivity contribution < 1.29 is 13.6 Å². The second-order valence-electron chi connectivity index (χ2n) is 7.47. The van der Waals surface area contributed by atoms with Gasteiger partial charge in [-0.1, -0.05) is 12.1 Å². The molecule has 1 amide bonds. The lowest BCUT2D eigenvalue weighted by Crippen LogP contribution is -2.38. The molecule has 1 unspecified atom stereocenters. The fraction of sp³-hybridized carbons (Fsp3) is 0.550. The first-order valence-corrected chi connectivity index (χ1v) is 9.84. The van der Waals surface area contributed by atoms with E-state index in [4.69, 9.17) is 0 Å². The Labute approximate surface area is 161 Å². The maximum absolute atomic E-state index is 13.2. The molecular weight excluding hydrogens is 366 g/mol. The number of amides is 1. The molecule has 2 aliphatic heterocycles. The van der Waals surface area contributed by atoms with Crippen LogP contribution in [0.2, 0.25) is 0 Å². The van der Waals surface area contributed by atoms with Crippen LogP contribution in [-0.4, -0.2) is 57.9 Å². The molecule has 150 valence electrons. The van der Waals surface area contributed by atoms with Crippen molar-refractivity contribution in [3.05, 3.63) is 40.4 Å². The fourth-order valence-electron chi connectivity index (χ4n) is 4.33. The van der Waals surface area contributed by atoms with Crippen LogP contribution in [0.1, 0.15) is 37.5 Å². The first-order chi connectivity index (χ1) is 13.5. The molecule has 0 bridgehead atoms. The molecule has 4 rings (SSSR count). The lowest BCUT2D eigenvalue weighted by Gasteiger charge is -2.28. The zero-order valence-corrected chi connectivity index (χ0v) is 15.7. The Morgan fingerprint density at radius 2 is 1.93 bits per heavy atom. The maximum atomic E-state index is 13.2. The van der Waals surface area contributed by atoms with Crippen LogP contribution in [0, 0.1) is 0 Å². The number of carbonyl (C=O) groups excluding carboxylic acids is 1. The number of carbonyl (C=O) groups is 1. The van der Waals surface area contributed by atoms with Gasteiger partial charge in [-0.2, -0.15) is 0 Å². The van der Waals surface area contributed by atoms with Crippen molar-refractivity contribution in [3.63, 3.8) is 0 Å². The predicted molar refractivity (Wildman–Crippen MR) is 101 cm³/mol. The summed E-state index contributed by atoms with van der Waals surface area (Å²) in [5.74, 6) is 0.587. The largest absolute Gasteiger partial charge is 0.341 e. The summed E-state index contributed by atoms with van der Waals surface area (Å²) in [5.41, 5.74) is 0.122. The Kier molecular flexibility index (Phi) is 5.39. The van der Waals surface area contributed by atoms with E-state index in [0.717, 1.165) is 36.9 Å². The lowest BCUT2D eigenvalue weighted by atomic mass is 10.1. The van der Waals surface area contributed by atoms with Crippen molar-refractivity contribution in [1.82, 2.24) is 19.4 Å². The Balaban J connectivity index is 1.65. The highest BCUT2D eigenvalue weighted by Gasteiger charge is 2.32. The van der Waals surface area contributed by atoms with Crippen molar-refractivity contribution in [2.45, 2.75) is 44.7 Å². The third kappa shape index (κ3) is 3.65. The van der Waals surface area contributed by atoms with Gasteiger partial charge >= 0.3 is 0 Å². The second-order valence-corrected chi connectivity index (χ2v) is 7.47. The van der Waals surface area contributed by atoms with Crippen molar-refractivity contribution >= 4 is 16.8 Å². The molecule has 3 heterocycles. The number of fused-ring (bicyclic) bond motifs is 1. The molecule has 0 aliphatic carbocycles. The zero-order chi connectivity index (χ0) is 19.7. The second kappa shape index (κ2) is 7.95. The summed E-state index contributed by atoms with van der Waals surface area (Å²) in [7, 11) is 0. The number of likely N-dealkylation sites (tertiary alicyclic amines) is 2. The number of benzene rings is 1. The number of rotatable bonds is 6.